The molecule has 0 aliphatic carbocycles. The third-order valence-corrected chi connectivity index (χ3v) is 3.66. The molecular weight excluding hydrogens is 153 g/mol. The molecule has 1 fully saturated rings. The average Bonchev–Trinajstić information content (AvgIpc) is 1.84. The van der Waals surface area contributed by atoms with Gasteiger partial charge < -0.3 is 0 Å². The summed E-state index contributed by atoms with van der Waals surface area (Å²) in [7, 11) is -0.0413. The first-order valence-corrected chi connectivity index (χ1v) is 4.69. The molecule has 0 radical (unpaired) electrons. The standard InChI is InChI=1S/C5H12NO3P/c1-8-10(7,9-2)6-4-3-5-6/h3-5H2,1-2H3. The van der Waals surface area contributed by atoms with E-state index in [4.69, 9.17) is 9.05 Å². The fraction of sp³-hybridized carbons (Fsp3) is 1.00. The Hall–Kier alpha value is 0.110. The van der Waals surface area contributed by atoms with E-state index in [-0.39, 0.29) is 0 Å². The molecule has 1 rings (SSSR count). The predicted molar refractivity (Wildman–Crippen MR) is 37.8 cm³/mol. The highest BCUT2D eigenvalue weighted by molar-refractivity contribution is 7.51. The van der Waals surface area contributed by atoms with Gasteiger partial charge in [0.15, 0.2) is 0 Å². The predicted octanol–water partition coefficient (Wildman–Crippen LogP) is 1.09. The first kappa shape index (κ1) is 8.21. The van der Waals surface area contributed by atoms with Crippen LogP contribution in [0, 0.1) is 0 Å². The Balaban J connectivity index is 2.54. The zero-order valence-electron chi connectivity index (χ0n) is 6.24. The minimum absolute atomic E-state index is 0.818. The van der Waals surface area contributed by atoms with E-state index in [1.165, 1.54) is 14.2 Å². The van der Waals surface area contributed by atoms with Gasteiger partial charge in [0.1, 0.15) is 0 Å². The molecule has 4 nitrogen and oxygen atoms in total. The number of hydrogen-bond acceptors (Lipinski definition) is 3. The summed E-state index contributed by atoms with van der Waals surface area (Å²) in [5.74, 6) is 0. The van der Waals surface area contributed by atoms with Crippen molar-refractivity contribution in [2.45, 2.75) is 6.42 Å². The van der Waals surface area contributed by atoms with E-state index in [9.17, 15) is 4.57 Å². The molecule has 5 heteroatoms. The molecule has 0 aromatic carbocycles. The number of hydrogen-bond donors (Lipinski definition) is 0. The van der Waals surface area contributed by atoms with Crippen LogP contribution in [0.3, 0.4) is 0 Å². The summed E-state index contributed by atoms with van der Waals surface area (Å²) in [6.07, 6.45) is 1.08. The van der Waals surface area contributed by atoms with Gasteiger partial charge in [0.05, 0.1) is 0 Å². The van der Waals surface area contributed by atoms with Gasteiger partial charge in [0, 0.05) is 27.3 Å². The summed E-state index contributed by atoms with van der Waals surface area (Å²) in [4.78, 5) is 0. The Morgan fingerprint density at radius 2 is 1.80 bits per heavy atom. The Morgan fingerprint density at radius 1 is 1.30 bits per heavy atom. The second-order valence-electron chi connectivity index (χ2n) is 2.14. The van der Waals surface area contributed by atoms with Crippen LogP contribution < -0.4 is 0 Å². The third kappa shape index (κ3) is 1.25. The lowest BCUT2D eigenvalue weighted by molar-refractivity contribution is 0.173. The molecule has 0 saturated carbocycles. The summed E-state index contributed by atoms with van der Waals surface area (Å²) in [5, 5.41) is 0. The topological polar surface area (TPSA) is 38.8 Å². The molecule has 10 heavy (non-hydrogen) atoms. The molecule has 1 aliphatic rings. The molecule has 0 atom stereocenters. The number of nitrogens with zero attached hydrogens (tertiary/aromatic N) is 1. The van der Waals surface area contributed by atoms with Gasteiger partial charge >= 0.3 is 7.75 Å². The molecule has 0 aromatic heterocycles. The van der Waals surface area contributed by atoms with Crippen molar-refractivity contribution in [2.75, 3.05) is 27.3 Å². The van der Waals surface area contributed by atoms with Gasteiger partial charge in [-0.2, -0.15) is 0 Å². The summed E-state index contributed by atoms with van der Waals surface area (Å²) in [6, 6.07) is 0. The molecule has 60 valence electrons. The zero-order chi connectivity index (χ0) is 7.61. The summed E-state index contributed by atoms with van der Waals surface area (Å²) < 4.78 is 22.6. The van der Waals surface area contributed by atoms with Crippen LogP contribution in [0.1, 0.15) is 6.42 Å². The third-order valence-electron chi connectivity index (χ3n) is 1.64. The molecule has 0 amide bonds. The van der Waals surface area contributed by atoms with E-state index in [0.29, 0.717) is 0 Å². The SMILES string of the molecule is COP(=O)(OC)N1CCC1. The largest absolute Gasteiger partial charge is 0.407 e. The quantitative estimate of drug-likeness (QED) is 0.587. The summed E-state index contributed by atoms with van der Waals surface area (Å²) in [6.45, 7) is 1.64. The van der Waals surface area contributed by atoms with Crippen LogP contribution in [0.2, 0.25) is 0 Å². The first-order valence-electron chi connectivity index (χ1n) is 3.20. The maximum Gasteiger partial charge on any atom is 0.407 e. The van der Waals surface area contributed by atoms with Crippen LogP contribution in [0.25, 0.3) is 0 Å². The highest BCUT2D eigenvalue weighted by Gasteiger charge is 2.34. The van der Waals surface area contributed by atoms with Gasteiger partial charge in [0.2, 0.25) is 0 Å². The second kappa shape index (κ2) is 3.01. The van der Waals surface area contributed by atoms with Crippen molar-refractivity contribution in [3.8, 4) is 0 Å². The lowest BCUT2D eigenvalue weighted by Crippen LogP contribution is -2.34. The molecule has 0 unspecified atom stereocenters. The lowest BCUT2D eigenvalue weighted by atomic mass is 10.3. The van der Waals surface area contributed by atoms with Crippen molar-refractivity contribution in [2.24, 2.45) is 0 Å². The summed E-state index contributed by atoms with van der Waals surface area (Å²) in [5.41, 5.74) is 0. The van der Waals surface area contributed by atoms with Gasteiger partial charge in [-0.3, -0.25) is 9.05 Å². The van der Waals surface area contributed by atoms with E-state index in [1.54, 1.807) is 4.67 Å². The summed E-state index contributed by atoms with van der Waals surface area (Å²) >= 11 is 0. The van der Waals surface area contributed by atoms with Crippen molar-refractivity contribution in [1.29, 1.82) is 0 Å². The molecule has 0 spiro atoms. The molecule has 1 heterocycles. The van der Waals surface area contributed by atoms with Crippen LogP contribution in [0.5, 0.6) is 0 Å². The first-order chi connectivity index (χ1) is 4.73. The Kier molecular flexibility index (Phi) is 2.47. The van der Waals surface area contributed by atoms with Gasteiger partial charge in [-0.05, 0) is 6.42 Å². The normalized spacial score (nSPS) is 20.6. The van der Waals surface area contributed by atoms with E-state index < -0.39 is 7.75 Å². The average molecular weight is 165 g/mol. The fourth-order valence-corrected chi connectivity index (χ4v) is 2.23. The zero-order valence-corrected chi connectivity index (χ0v) is 7.13. The van der Waals surface area contributed by atoms with Crippen LogP contribution in [0.15, 0.2) is 0 Å². The molecule has 1 aliphatic heterocycles. The van der Waals surface area contributed by atoms with Crippen molar-refractivity contribution in [3.05, 3.63) is 0 Å². The fourth-order valence-electron chi connectivity index (χ4n) is 0.850. The minimum atomic E-state index is -2.85. The Labute approximate surface area is 60.7 Å². The molecule has 1 saturated heterocycles. The van der Waals surface area contributed by atoms with Crippen molar-refractivity contribution in [1.82, 2.24) is 4.67 Å². The highest BCUT2D eigenvalue weighted by Crippen LogP contribution is 2.52. The Bertz CT molecular complexity index is 149. The van der Waals surface area contributed by atoms with E-state index in [1.807, 2.05) is 0 Å². The van der Waals surface area contributed by atoms with Gasteiger partial charge in [-0.25, -0.2) is 9.24 Å². The van der Waals surface area contributed by atoms with E-state index >= 15 is 0 Å². The van der Waals surface area contributed by atoms with Crippen molar-refractivity contribution < 1.29 is 13.6 Å². The van der Waals surface area contributed by atoms with E-state index in [2.05, 4.69) is 0 Å². The second-order valence-corrected chi connectivity index (χ2v) is 4.37. The maximum absolute atomic E-state index is 11.4. The van der Waals surface area contributed by atoms with E-state index in [0.717, 1.165) is 19.5 Å². The molecule has 0 N–H and O–H groups in total. The highest BCUT2D eigenvalue weighted by atomic mass is 31.2. The monoisotopic (exact) mass is 165 g/mol. The van der Waals surface area contributed by atoms with Gasteiger partial charge in [0.25, 0.3) is 0 Å². The molecule has 0 bridgehead atoms. The van der Waals surface area contributed by atoms with Crippen molar-refractivity contribution in [3.63, 3.8) is 0 Å². The van der Waals surface area contributed by atoms with Crippen LogP contribution in [0.4, 0.5) is 0 Å². The maximum atomic E-state index is 11.4. The minimum Gasteiger partial charge on any atom is -0.300 e. The van der Waals surface area contributed by atoms with Crippen LogP contribution in [-0.4, -0.2) is 32.0 Å². The Morgan fingerprint density at radius 3 is 1.90 bits per heavy atom. The number of rotatable bonds is 3. The molecular formula is C5H12NO3P. The van der Waals surface area contributed by atoms with Crippen LogP contribution in [-0.2, 0) is 13.6 Å². The van der Waals surface area contributed by atoms with Gasteiger partial charge in [-0.15, -0.1) is 0 Å². The lowest BCUT2D eigenvalue weighted by Gasteiger charge is -2.34. The van der Waals surface area contributed by atoms with Crippen molar-refractivity contribution >= 4 is 7.75 Å². The smallest absolute Gasteiger partial charge is 0.300 e. The van der Waals surface area contributed by atoms with Gasteiger partial charge in [-0.1, -0.05) is 0 Å². The molecule has 0 aromatic rings. The van der Waals surface area contributed by atoms with Crippen LogP contribution >= 0.6 is 7.75 Å².